The Kier molecular flexibility index (Phi) is 2.62. The van der Waals surface area contributed by atoms with Crippen LogP contribution in [0.3, 0.4) is 0 Å². The van der Waals surface area contributed by atoms with Crippen molar-refractivity contribution in [2.75, 3.05) is 0 Å². The summed E-state index contributed by atoms with van der Waals surface area (Å²) in [6.07, 6.45) is 3.36. The van der Waals surface area contributed by atoms with Gasteiger partial charge in [0.25, 0.3) is 0 Å². The summed E-state index contributed by atoms with van der Waals surface area (Å²) in [6.45, 7) is 3.34. The highest BCUT2D eigenvalue weighted by atomic mass is 32.1. The van der Waals surface area contributed by atoms with E-state index in [0.717, 1.165) is 17.2 Å². The first-order chi connectivity index (χ1) is 8.34. The van der Waals surface area contributed by atoms with Gasteiger partial charge in [-0.15, -0.1) is 11.3 Å². The van der Waals surface area contributed by atoms with Crippen molar-refractivity contribution in [3.63, 3.8) is 0 Å². The molecule has 0 spiro atoms. The first kappa shape index (κ1) is 10.4. The lowest BCUT2D eigenvalue weighted by Crippen LogP contribution is -2.15. The van der Waals surface area contributed by atoms with Crippen LogP contribution in [0.5, 0.6) is 0 Å². The van der Waals surface area contributed by atoms with E-state index in [9.17, 15) is 0 Å². The Bertz CT molecular complexity index is 612. The molecule has 3 rings (SSSR count). The van der Waals surface area contributed by atoms with Crippen LogP contribution in [0.4, 0.5) is 0 Å². The van der Waals surface area contributed by atoms with Crippen LogP contribution >= 0.6 is 11.3 Å². The van der Waals surface area contributed by atoms with Crippen molar-refractivity contribution in [1.82, 2.24) is 24.8 Å². The van der Waals surface area contributed by atoms with Crippen molar-refractivity contribution in [2.45, 2.75) is 20.0 Å². The molecule has 0 amide bonds. The summed E-state index contributed by atoms with van der Waals surface area (Å²) in [5, 5.41) is 9.04. The van der Waals surface area contributed by atoms with Crippen molar-refractivity contribution < 1.29 is 4.52 Å². The largest absolute Gasteiger partial charge is 0.343 e. The van der Waals surface area contributed by atoms with E-state index in [4.69, 9.17) is 0 Å². The second kappa shape index (κ2) is 4.27. The molecule has 0 aliphatic rings. The van der Waals surface area contributed by atoms with Crippen molar-refractivity contribution in [3.05, 3.63) is 35.2 Å². The molecule has 0 saturated carbocycles. The fourth-order valence-electron chi connectivity index (χ4n) is 1.72. The van der Waals surface area contributed by atoms with Gasteiger partial charge in [0, 0.05) is 18.1 Å². The maximum atomic E-state index is 4.67. The molecule has 0 aliphatic carbocycles. The minimum atomic E-state index is 0.591. The zero-order valence-electron chi connectivity index (χ0n) is 9.25. The van der Waals surface area contributed by atoms with Crippen molar-refractivity contribution >= 4 is 16.3 Å². The van der Waals surface area contributed by atoms with Gasteiger partial charge in [-0.25, -0.2) is 4.98 Å². The van der Waals surface area contributed by atoms with Crippen LogP contribution in [0.2, 0.25) is 0 Å². The standard InChI is InChI=1S/C10H11N5OS/c1-7-8(15-2-3-17-10(15)13-7)4-11-5-9-12-6-16-14-9/h2-3,6,11H,4-5H2,1H3. The highest BCUT2D eigenvalue weighted by molar-refractivity contribution is 7.15. The molecule has 0 radical (unpaired) electrons. The van der Waals surface area contributed by atoms with Crippen LogP contribution in [-0.4, -0.2) is 19.5 Å². The second-order valence-corrected chi connectivity index (χ2v) is 4.52. The third-order valence-corrected chi connectivity index (χ3v) is 3.30. The zero-order chi connectivity index (χ0) is 11.7. The Balaban J connectivity index is 1.72. The molecule has 88 valence electrons. The number of nitrogens with one attached hydrogen (secondary N) is 1. The summed E-state index contributed by atoms with van der Waals surface area (Å²) >= 11 is 1.64. The third kappa shape index (κ3) is 1.94. The van der Waals surface area contributed by atoms with Crippen LogP contribution < -0.4 is 5.32 Å². The Morgan fingerprint density at radius 3 is 3.24 bits per heavy atom. The van der Waals surface area contributed by atoms with E-state index in [1.165, 1.54) is 12.1 Å². The molecule has 0 aromatic carbocycles. The summed E-state index contributed by atoms with van der Waals surface area (Å²) in [5.41, 5.74) is 2.22. The molecular formula is C10H11N5OS. The normalized spacial score (nSPS) is 11.4. The summed E-state index contributed by atoms with van der Waals surface area (Å²) in [5.74, 6) is 0.661. The molecule has 0 bridgehead atoms. The van der Waals surface area contributed by atoms with E-state index in [2.05, 4.69) is 29.4 Å². The lowest BCUT2D eigenvalue weighted by Gasteiger charge is -2.02. The molecule has 7 heteroatoms. The third-order valence-electron chi connectivity index (χ3n) is 2.54. The van der Waals surface area contributed by atoms with Crippen LogP contribution in [0, 0.1) is 6.92 Å². The lowest BCUT2D eigenvalue weighted by atomic mass is 10.3. The number of fused-ring (bicyclic) bond motifs is 1. The molecule has 3 heterocycles. The Morgan fingerprint density at radius 2 is 2.41 bits per heavy atom. The predicted octanol–water partition coefficient (Wildman–Crippen LogP) is 1.38. The van der Waals surface area contributed by atoms with E-state index in [1.807, 2.05) is 18.5 Å². The Morgan fingerprint density at radius 1 is 1.47 bits per heavy atom. The minimum Gasteiger partial charge on any atom is -0.343 e. The lowest BCUT2D eigenvalue weighted by molar-refractivity contribution is 0.407. The monoisotopic (exact) mass is 249 g/mol. The molecule has 0 saturated heterocycles. The van der Waals surface area contributed by atoms with Gasteiger partial charge in [-0.3, -0.25) is 4.40 Å². The zero-order valence-corrected chi connectivity index (χ0v) is 10.1. The van der Waals surface area contributed by atoms with Gasteiger partial charge in [0.1, 0.15) is 0 Å². The van der Waals surface area contributed by atoms with E-state index in [-0.39, 0.29) is 0 Å². The topological polar surface area (TPSA) is 68.2 Å². The molecule has 0 aliphatic heterocycles. The number of hydrogen-bond donors (Lipinski definition) is 1. The molecule has 17 heavy (non-hydrogen) atoms. The average molecular weight is 249 g/mol. The van der Waals surface area contributed by atoms with Crippen molar-refractivity contribution in [1.29, 1.82) is 0 Å². The molecule has 0 atom stereocenters. The van der Waals surface area contributed by atoms with Gasteiger partial charge in [-0.2, -0.15) is 4.98 Å². The summed E-state index contributed by atoms with van der Waals surface area (Å²) in [4.78, 5) is 9.46. The van der Waals surface area contributed by atoms with Crippen LogP contribution in [0.1, 0.15) is 17.2 Å². The number of imidazole rings is 1. The SMILES string of the molecule is Cc1nc2sccn2c1CNCc1ncon1. The molecule has 0 unspecified atom stereocenters. The second-order valence-electron chi connectivity index (χ2n) is 3.65. The minimum absolute atomic E-state index is 0.591. The number of nitrogens with zero attached hydrogens (tertiary/aromatic N) is 4. The summed E-state index contributed by atoms with van der Waals surface area (Å²) in [7, 11) is 0. The quantitative estimate of drug-likeness (QED) is 0.756. The van der Waals surface area contributed by atoms with Crippen LogP contribution in [0.25, 0.3) is 4.96 Å². The predicted molar refractivity (Wildman–Crippen MR) is 62.6 cm³/mol. The van der Waals surface area contributed by atoms with Gasteiger partial charge in [0.15, 0.2) is 10.8 Å². The maximum absolute atomic E-state index is 4.67. The number of hydrogen-bond acceptors (Lipinski definition) is 6. The van der Waals surface area contributed by atoms with Gasteiger partial charge >= 0.3 is 0 Å². The van der Waals surface area contributed by atoms with E-state index < -0.39 is 0 Å². The molecule has 3 aromatic rings. The van der Waals surface area contributed by atoms with Crippen molar-refractivity contribution in [3.8, 4) is 0 Å². The van der Waals surface area contributed by atoms with Crippen molar-refractivity contribution in [2.24, 2.45) is 0 Å². The number of aryl methyl sites for hydroxylation is 1. The molecule has 0 fully saturated rings. The van der Waals surface area contributed by atoms with Crippen LogP contribution in [0.15, 0.2) is 22.5 Å². The van der Waals surface area contributed by atoms with E-state index >= 15 is 0 Å². The summed E-state index contributed by atoms with van der Waals surface area (Å²) < 4.78 is 6.77. The fourth-order valence-corrected chi connectivity index (χ4v) is 2.50. The van der Waals surface area contributed by atoms with Crippen LogP contribution in [-0.2, 0) is 13.1 Å². The fraction of sp³-hybridized carbons (Fsp3) is 0.300. The first-order valence-electron chi connectivity index (χ1n) is 5.21. The average Bonchev–Trinajstić information content (AvgIpc) is 2.98. The maximum Gasteiger partial charge on any atom is 0.213 e. The molecule has 6 nitrogen and oxygen atoms in total. The Hall–Kier alpha value is -1.73. The van der Waals surface area contributed by atoms with E-state index in [0.29, 0.717) is 12.4 Å². The summed E-state index contributed by atoms with van der Waals surface area (Å²) in [6, 6.07) is 0. The van der Waals surface area contributed by atoms with Gasteiger partial charge in [0.2, 0.25) is 6.39 Å². The van der Waals surface area contributed by atoms with Gasteiger partial charge in [-0.05, 0) is 6.92 Å². The first-order valence-corrected chi connectivity index (χ1v) is 6.09. The number of thiazole rings is 1. The van der Waals surface area contributed by atoms with E-state index in [1.54, 1.807) is 11.3 Å². The van der Waals surface area contributed by atoms with Gasteiger partial charge in [0.05, 0.1) is 17.9 Å². The van der Waals surface area contributed by atoms with Gasteiger partial charge < -0.3 is 9.84 Å². The smallest absolute Gasteiger partial charge is 0.213 e. The number of rotatable bonds is 4. The highest BCUT2D eigenvalue weighted by Gasteiger charge is 2.09. The molecule has 3 aromatic heterocycles. The Labute approximate surface area is 101 Å². The number of aromatic nitrogens is 4. The molecule has 1 N–H and O–H groups in total. The molecular weight excluding hydrogens is 238 g/mol. The highest BCUT2D eigenvalue weighted by Crippen LogP contribution is 2.16. The van der Waals surface area contributed by atoms with Gasteiger partial charge in [-0.1, -0.05) is 5.16 Å².